The van der Waals surface area contributed by atoms with E-state index in [9.17, 15) is 9.90 Å². The van der Waals surface area contributed by atoms with Crippen molar-refractivity contribution in [3.63, 3.8) is 0 Å². The Morgan fingerprint density at radius 3 is 2.84 bits per heavy atom. The molecule has 1 aromatic heterocycles. The molecule has 1 unspecified atom stereocenters. The molecule has 8 heteroatoms. The minimum Gasteiger partial charge on any atom is -0.453 e. The van der Waals surface area contributed by atoms with Crippen LogP contribution in [0.3, 0.4) is 0 Å². The molecule has 1 heterocycles. The van der Waals surface area contributed by atoms with Gasteiger partial charge in [-0.1, -0.05) is 0 Å². The van der Waals surface area contributed by atoms with E-state index in [-0.39, 0.29) is 12.6 Å². The normalized spacial score (nSPS) is 14.7. The van der Waals surface area contributed by atoms with Crippen LogP contribution in [0.15, 0.2) is 12.1 Å². The van der Waals surface area contributed by atoms with Crippen LogP contribution in [0.1, 0.15) is 37.4 Å². The number of aliphatic hydroxyl groups is 1. The number of carbonyl (C=O) groups excluding carboxylic acids is 1. The summed E-state index contributed by atoms with van der Waals surface area (Å²) in [7, 11) is 1.33. The lowest BCUT2D eigenvalue weighted by atomic mass is 10.0. The first kappa shape index (κ1) is 19.1. The maximum absolute atomic E-state index is 11.0. The van der Waals surface area contributed by atoms with Crippen molar-refractivity contribution >= 4 is 17.6 Å². The quantitative estimate of drug-likeness (QED) is 0.320. The molecule has 2 rings (SSSR count). The van der Waals surface area contributed by atoms with Crippen LogP contribution < -0.4 is 16.0 Å². The highest BCUT2D eigenvalue weighted by Gasteiger charge is 2.25. The second-order valence-electron chi connectivity index (χ2n) is 6.13. The Bertz CT molecular complexity index is 604. The van der Waals surface area contributed by atoms with Crippen molar-refractivity contribution in [2.75, 3.05) is 25.5 Å². The van der Waals surface area contributed by atoms with E-state index in [1.807, 2.05) is 13.0 Å². The van der Waals surface area contributed by atoms with Crippen molar-refractivity contribution in [2.24, 2.45) is 0 Å². The van der Waals surface area contributed by atoms with Gasteiger partial charge in [0.05, 0.1) is 25.1 Å². The molecule has 8 nitrogen and oxygen atoms in total. The summed E-state index contributed by atoms with van der Waals surface area (Å²) in [4.78, 5) is 15.4. The van der Waals surface area contributed by atoms with Crippen LogP contribution in [0.5, 0.6) is 0 Å². The maximum Gasteiger partial charge on any atom is 0.406 e. The van der Waals surface area contributed by atoms with Gasteiger partial charge in [-0.25, -0.2) is 9.78 Å². The number of nitrogens with one attached hydrogen (secondary N) is 4. The van der Waals surface area contributed by atoms with Crippen molar-refractivity contribution < 1.29 is 14.6 Å². The highest BCUT2D eigenvalue weighted by Crippen LogP contribution is 2.21. The minimum absolute atomic E-state index is 0.0594. The van der Waals surface area contributed by atoms with Gasteiger partial charge in [0.2, 0.25) is 0 Å². The smallest absolute Gasteiger partial charge is 0.406 e. The Kier molecular flexibility index (Phi) is 7.15. The predicted molar refractivity (Wildman–Crippen MR) is 96.1 cm³/mol. The molecule has 0 bridgehead atoms. The molecule has 5 N–H and O–H groups in total. The highest BCUT2D eigenvalue weighted by atomic mass is 16.5. The fraction of sp³-hybridized carbons (Fsp3) is 0.588. The third-order valence-electron chi connectivity index (χ3n) is 4.00. The molecule has 0 spiro atoms. The Labute approximate surface area is 147 Å². The zero-order valence-corrected chi connectivity index (χ0v) is 14.8. The molecule has 1 fully saturated rings. The Morgan fingerprint density at radius 1 is 1.44 bits per heavy atom. The number of alkyl carbamates (subject to hydrolysis) is 1. The van der Waals surface area contributed by atoms with E-state index in [0.29, 0.717) is 42.8 Å². The molecular weight excluding hydrogens is 322 g/mol. The first-order chi connectivity index (χ1) is 12.0. The van der Waals surface area contributed by atoms with Crippen molar-refractivity contribution in [1.29, 1.82) is 5.41 Å². The van der Waals surface area contributed by atoms with Gasteiger partial charge in [-0.05, 0) is 38.3 Å². The molecule has 1 saturated carbocycles. The van der Waals surface area contributed by atoms with E-state index in [0.717, 1.165) is 18.4 Å². The van der Waals surface area contributed by atoms with E-state index >= 15 is 0 Å². The number of pyridine rings is 1. The standard InChI is InChI=1S/C17H27N5O3/c1-11(21-12-4-5-12)15(18)14-7-6-13(10-23)22-16(14)19-8-3-9-20-17(24)25-2/h6-7,11-12,18,21,23H,3-5,8-10H2,1-2H3,(H,19,22)(H,20,24). The highest BCUT2D eigenvalue weighted by molar-refractivity contribution is 6.05. The van der Waals surface area contributed by atoms with Gasteiger partial charge in [0, 0.05) is 30.7 Å². The van der Waals surface area contributed by atoms with Crippen LogP contribution in [-0.4, -0.2) is 54.2 Å². The summed E-state index contributed by atoms with van der Waals surface area (Å²) in [6.07, 6.45) is 2.56. The molecule has 1 atom stereocenters. The number of anilines is 1. The molecule has 1 aromatic rings. The van der Waals surface area contributed by atoms with Gasteiger partial charge in [-0.15, -0.1) is 0 Å². The van der Waals surface area contributed by atoms with Crippen LogP contribution in [0.25, 0.3) is 0 Å². The molecule has 0 aliphatic heterocycles. The molecule has 0 aromatic carbocycles. The zero-order chi connectivity index (χ0) is 18.2. The number of nitrogens with zero attached hydrogens (tertiary/aromatic N) is 1. The Balaban J connectivity index is 1.96. The van der Waals surface area contributed by atoms with Crippen molar-refractivity contribution in [3.8, 4) is 0 Å². The second-order valence-corrected chi connectivity index (χ2v) is 6.13. The summed E-state index contributed by atoms with van der Waals surface area (Å²) >= 11 is 0. The fourth-order valence-corrected chi connectivity index (χ4v) is 2.42. The van der Waals surface area contributed by atoms with Crippen molar-refractivity contribution in [2.45, 2.75) is 44.9 Å². The van der Waals surface area contributed by atoms with Crippen LogP contribution >= 0.6 is 0 Å². The lowest BCUT2D eigenvalue weighted by Gasteiger charge is -2.18. The number of aromatic nitrogens is 1. The van der Waals surface area contributed by atoms with E-state index in [2.05, 4.69) is 25.7 Å². The predicted octanol–water partition coefficient (Wildman–Crippen LogP) is 1.24. The molecule has 1 aliphatic rings. The first-order valence-corrected chi connectivity index (χ1v) is 8.56. The number of methoxy groups -OCH3 is 1. The average molecular weight is 349 g/mol. The number of ether oxygens (including phenoxy) is 1. The fourth-order valence-electron chi connectivity index (χ4n) is 2.42. The number of hydrogen-bond acceptors (Lipinski definition) is 7. The van der Waals surface area contributed by atoms with Crippen LogP contribution in [-0.2, 0) is 11.3 Å². The zero-order valence-electron chi connectivity index (χ0n) is 14.8. The SMILES string of the molecule is COC(=O)NCCCNc1nc(CO)ccc1C(=N)C(C)NC1CC1. The third-order valence-corrected chi connectivity index (χ3v) is 4.00. The van der Waals surface area contributed by atoms with E-state index in [1.165, 1.54) is 7.11 Å². The lowest BCUT2D eigenvalue weighted by molar-refractivity contribution is 0.171. The molecule has 0 saturated heterocycles. The van der Waals surface area contributed by atoms with E-state index in [4.69, 9.17) is 5.41 Å². The molecule has 1 amide bonds. The van der Waals surface area contributed by atoms with Gasteiger partial charge < -0.3 is 31.2 Å². The summed E-state index contributed by atoms with van der Waals surface area (Å²) in [5, 5.41) is 27.0. The Hall–Kier alpha value is -2.19. The van der Waals surface area contributed by atoms with Crippen molar-refractivity contribution in [3.05, 3.63) is 23.4 Å². The number of rotatable bonds is 10. The largest absolute Gasteiger partial charge is 0.453 e. The first-order valence-electron chi connectivity index (χ1n) is 8.56. The second kappa shape index (κ2) is 9.33. The molecule has 1 aliphatic carbocycles. The topological polar surface area (TPSA) is 119 Å². The summed E-state index contributed by atoms with van der Waals surface area (Å²) in [6.45, 7) is 2.88. The van der Waals surface area contributed by atoms with Gasteiger partial charge in [0.1, 0.15) is 5.82 Å². The van der Waals surface area contributed by atoms with Gasteiger partial charge in [-0.3, -0.25) is 0 Å². The van der Waals surface area contributed by atoms with E-state index < -0.39 is 6.09 Å². The summed E-state index contributed by atoms with van der Waals surface area (Å²) < 4.78 is 4.51. The van der Waals surface area contributed by atoms with Crippen LogP contribution in [0.2, 0.25) is 0 Å². The van der Waals surface area contributed by atoms with Crippen molar-refractivity contribution in [1.82, 2.24) is 15.6 Å². The third kappa shape index (κ3) is 5.99. The van der Waals surface area contributed by atoms with Gasteiger partial charge in [-0.2, -0.15) is 0 Å². The van der Waals surface area contributed by atoms with Gasteiger partial charge in [0.15, 0.2) is 0 Å². The molecule has 25 heavy (non-hydrogen) atoms. The molecular formula is C17H27N5O3. The van der Waals surface area contributed by atoms with Crippen LogP contribution in [0, 0.1) is 5.41 Å². The monoisotopic (exact) mass is 349 g/mol. The number of hydrogen-bond donors (Lipinski definition) is 5. The number of aliphatic hydroxyl groups excluding tert-OH is 1. The van der Waals surface area contributed by atoms with E-state index in [1.54, 1.807) is 6.07 Å². The maximum atomic E-state index is 11.0. The number of carbonyl (C=O) groups is 1. The van der Waals surface area contributed by atoms with Gasteiger partial charge >= 0.3 is 6.09 Å². The number of amides is 1. The summed E-state index contributed by atoms with van der Waals surface area (Å²) in [5.74, 6) is 0.582. The lowest BCUT2D eigenvalue weighted by Crippen LogP contribution is -2.36. The molecule has 0 radical (unpaired) electrons. The van der Waals surface area contributed by atoms with Gasteiger partial charge in [0.25, 0.3) is 0 Å². The molecule has 138 valence electrons. The summed E-state index contributed by atoms with van der Waals surface area (Å²) in [6, 6.07) is 4.01. The Morgan fingerprint density at radius 2 is 2.20 bits per heavy atom. The summed E-state index contributed by atoms with van der Waals surface area (Å²) in [5.41, 5.74) is 1.74. The minimum atomic E-state index is -0.456. The average Bonchev–Trinajstić information content (AvgIpc) is 3.44. The van der Waals surface area contributed by atoms with Crippen LogP contribution in [0.4, 0.5) is 10.6 Å².